The van der Waals surface area contributed by atoms with Crippen molar-refractivity contribution in [1.82, 2.24) is 10.2 Å². The topological polar surface area (TPSA) is 41.6 Å². The lowest BCUT2D eigenvalue weighted by Crippen LogP contribution is -2.37. The molecule has 0 aliphatic carbocycles. The number of halogens is 2. The van der Waals surface area contributed by atoms with Crippen molar-refractivity contribution in [2.45, 2.75) is 6.42 Å². The predicted molar refractivity (Wildman–Crippen MR) is 78.7 cm³/mol. The number of hydrogen-bond donors (Lipinski definition) is 1. The number of ether oxygens (including phenoxy) is 1. The van der Waals surface area contributed by atoms with E-state index >= 15 is 0 Å². The number of benzene rings is 1. The lowest BCUT2D eigenvalue weighted by Gasteiger charge is -2.20. The fraction of sp³-hybridized carbons (Fsp3) is 0.462. The molecule has 1 aliphatic rings. The van der Waals surface area contributed by atoms with Crippen LogP contribution in [0, 0.1) is 0 Å². The molecular weight excluding hydrogens is 332 g/mol. The number of carbonyl (C=O) groups excluding carboxylic acids is 1. The van der Waals surface area contributed by atoms with Crippen LogP contribution < -0.4 is 10.1 Å². The van der Waals surface area contributed by atoms with Crippen LogP contribution in [0.25, 0.3) is 0 Å². The van der Waals surface area contributed by atoms with Crippen LogP contribution in [0.5, 0.6) is 5.75 Å². The Balaban J connectivity index is 1.88. The highest BCUT2D eigenvalue weighted by molar-refractivity contribution is 9.10. The molecule has 0 aromatic heterocycles. The second-order valence-corrected chi connectivity index (χ2v) is 5.67. The highest BCUT2D eigenvalue weighted by Gasteiger charge is 2.16. The molecule has 2 rings (SSSR count). The Bertz CT molecular complexity index is 448. The Labute approximate surface area is 126 Å². The molecule has 1 saturated heterocycles. The number of nitrogens with zero attached hydrogens (tertiary/aromatic N) is 1. The van der Waals surface area contributed by atoms with Crippen molar-refractivity contribution in [2.24, 2.45) is 0 Å². The monoisotopic (exact) mass is 346 g/mol. The summed E-state index contributed by atoms with van der Waals surface area (Å²) in [6, 6.07) is 5.34. The maximum atomic E-state index is 12.0. The first-order chi connectivity index (χ1) is 9.16. The number of amides is 1. The van der Waals surface area contributed by atoms with E-state index in [0.717, 1.165) is 37.1 Å². The van der Waals surface area contributed by atoms with Crippen LogP contribution in [0.4, 0.5) is 0 Å². The van der Waals surface area contributed by atoms with Gasteiger partial charge in [0.1, 0.15) is 5.75 Å². The van der Waals surface area contributed by atoms with E-state index in [9.17, 15) is 4.79 Å². The van der Waals surface area contributed by atoms with Crippen LogP contribution in [0.1, 0.15) is 6.42 Å². The van der Waals surface area contributed by atoms with Gasteiger partial charge in [-0.1, -0.05) is 27.5 Å². The SMILES string of the molecule is O=C(COc1ccc(Br)cc1Cl)N1CCCNCC1. The first-order valence-electron chi connectivity index (χ1n) is 6.23. The van der Waals surface area contributed by atoms with Gasteiger partial charge in [-0.25, -0.2) is 0 Å². The van der Waals surface area contributed by atoms with Gasteiger partial charge < -0.3 is 15.0 Å². The largest absolute Gasteiger partial charge is 0.482 e. The summed E-state index contributed by atoms with van der Waals surface area (Å²) in [5.41, 5.74) is 0. The maximum Gasteiger partial charge on any atom is 0.260 e. The fourth-order valence-electron chi connectivity index (χ4n) is 1.92. The van der Waals surface area contributed by atoms with Gasteiger partial charge in [0.25, 0.3) is 5.91 Å². The van der Waals surface area contributed by atoms with Crippen LogP contribution in [-0.2, 0) is 4.79 Å². The molecule has 1 amide bonds. The summed E-state index contributed by atoms with van der Waals surface area (Å²) >= 11 is 9.36. The highest BCUT2D eigenvalue weighted by Crippen LogP contribution is 2.27. The first-order valence-corrected chi connectivity index (χ1v) is 7.40. The second kappa shape index (κ2) is 7.12. The average Bonchev–Trinajstić information content (AvgIpc) is 2.66. The summed E-state index contributed by atoms with van der Waals surface area (Å²) in [6.45, 7) is 3.34. The van der Waals surface area contributed by atoms with Gasteiger partial charge in [0, 0.05) is 24.1 Å². The van der Waals surface area contributed by atoms with Gasteiger partial charge >= 0.3 is 0 Å². The quantitative estimate of drug-likeness (QED) is 0.912. The number of carbonyl (C=O) groups is 1. The van der Waals surface area contributed by atoms with E-state index in [1.165, 1.54) is 0 Å². The third-order valence-electron chi connectivity index (χ3n) is 2.94. The van der Waals surface area contributed by atoms with E-state index < -0.39 is 0 Å². The van der Waals surface area contributed by atoms with E-state index in [1.807, 2.05) is 11.0 Å². The van der Waals surface area contributed by atoms with Gasteiger partial charge in [-0.2, -0.15) is 0 Å². The summed E-state index contributed by atoms with van der Waals surface area (Å²) in [4.78, 5) is 13.8. The van der Waals surface area contributed by atoms with E-state index in [-0.39, 0.29) is 12.5 Å². The molecule has 1 fully saturated rings. The Morgan fingerprint density at radius 1 is 1.42 bits per heavy atom. The Morgan fingerprint density at radius 2 is 2.26 bits per heavy atom. The van der Waals surface area contributed by atoms with Gasteiger partial charge in [-0.15, -0.1) is 0 Å². The summed E-state index contributed by atoms with van der Waals surface area (Å²) in [6.07, 6.45) is 0.977. The van der Waals surface area contributed by atoms with Crippen LogP contribution in [0.3, 0.4) is 0 Å². The highest BCUT2D eigenvalue weighted by atomic mass is 79.9. The summed E-state index contributed by atoms with van der Waals surface area (Å²) in [5.74, 6) is 0.536. The average molecular weight is 348 g/mol. The summed E-state index contributed by atoms with van der Waals surface area (Å²) < 4.78 is 6.37. The van der Waals surface area contributed by atoms with Gasteiger partial charge in [-0.05, 0) is 31.2 Å². The molecule has 0 unspecified atom stereocenters. The molecule has 1 heterocycles. The normalized spacial score (nSPS) is 16.0. The lowest BCUT2D eigenvalue weighted by molar-refractivity contribution is -0.133. The zero-order valence-corrected chi connectivity index (χ0v) is 12.8. The molecule has 0 atom stereocenters. The third kappa shape index (κ3) is 4.37. The van der Waals surface area contributed by atoms with Crippen LogP contribution in [0.15, 0.2) is 22.7 Å². The molecule has 1 aliphatic heterocycles. The van der Waals surface area contributed by atoms with Crippen LogP contribution >= 0.6 is 27.5 Å². The maximum absolute atomic E-state index is 12.0. The summed E-state index contributed by atoms with van der Waals surface area (Å²) in [5, 5.41) is 3.76. The van der Waals surface area contributed by atoms with Crippen molar-refractivity contribution in [2.75, 3.05) is 32.8 Å². The minimum Gasteiger partial charge on any atom is -0.482 e. The Hall–Kier alpha value is -0.780. The molecule has 6 heteroatoms. The van der Waals surface area contributed by atoms with Crippen molar-refractivity contribution in [3.63, 3.8) is 0 Å². The Kier molecular flexibility index (Phi) is 5.48. The smallest absolute Gasteiger partial charge is 0.260 e. The predicted octanol–water partition coefficient (Wildman–Crippen LogP) is 2.30. The minimum absolute atomic E-state index is 0.00249. The molecule has 0 radical (unpaired) electrons. The van der Waals surface area contributed by atoms with Crippen molar-refractivity contribution >= 4 is 33.4 Å². The molecule has 19 heavy (non-hydrogen) atoms. The standard InChI is InChI=1S/C13H16BrClN2O2/c14-10-2-3-12(11(15)8-10)19-9-13(18)17-6-1-4-16-5-7-17/h2-3,8,16H,1,4-7,9H2. The van der Waals surface area contributed by atoms with Gasteiger partial charge in [-0.3, -0.25) is 4.79 Å². The van der Waals surface area contributed by atoms with Crippen molar-refractivity contribution < 1.29 is 9.53 Å². The van der Waals surface area contributed by atoms with Crippen molar-refractivity contribution in [3.8, 4) is 5.75 Å². The fourth-order valence-corrected chi connectivity index (χ4v) is 2.65. The van der Waals surface area contributed by atoms with Gasteiger partial charge in [0.05, 0.1) is 5.02 Å². The third-order valence-corrected chi connectivity index (χ3v) is 3.73. The molecule has 104 valence electrons. The molecule has 0 saturated carbocycles. The zero-order chi connectivity index (χ0) is 13.7. The molecule has 4 nitrogen and oxygen atoms in total. The van der Waals surface area contributed by atoms with Crippen LogP contribution in [0.2, 0.25) is 5.02 Å². The molecular formula is C13H16BrClN2O2. The first kappa shape index (κ1) is 14.6. The van der Waals surface area contributed by atoms with E-state index in [4.69, 9.17) is 16.3 Å². The van der Waals surface area contributed by atoms with Gasteiger partial charge in [0.15, 0.2) is 6.61 Å². The molecule has 0 bridgehead atoms. The van der Waals surface area contributed by atoms with Crippen LogP contribution in [-0.4, -0.2) is 43.6 Å². The summed E-state index contributed by atoms with van der Waals surface area (Å²) in [7, 11) is 0. The van der Waals surface area contributed by atoms with Crippen molar-refractivity contribution in [3.05, 3.63) is 27.7 Å². The molecule has 1 N–H and O–H groups in total. The van der Waals surface area contributed by atoms with E-state index in [1.54, 1.807) is 12.1 Å². The van der Waals surface area contributed by atoms with E-state index in [0.29, 0.717) is 10.8 Å². The number of rotatable bonds is 3. The molecule has 1 aromatic rings. The van der Waals surface area contributed by atoms with Crippen molar-refractivity contribution in [1.29, 1.82) is 0 Å². The van der Waals surface area contributed by atoms with Gasteiger partial charge in [0.2, 0.25) is 0 Å². The molecule has 1 aromatic carbocycles. The number of nitrogens with one attached hydrogen (secondary N) is 1. The molecule has 0 spiro atoms. The Morgan fingerprint density at radius 3 is 3.05 bits per heavy atom. The lowest BCUT2D eigenvalue weighted by atomic mass is 10.3. The zero-order valence-electron chi connectivity index (χ0n) is 10.5. The minimum atomic E-state index is 0.00249. The number of hydrogen-bond acceptors (Lipinski definition) is 3. The van der Waals surface area contributed by atoms with E-state index in [2.05, 4.69) is 21.2 Å². The second-order valence-electron chi connectivity index (χ2n) is 4.35.